The standard InChI is InChI=1S/C30H38ClF6N8O2P/c1-8-9-10-23(46)18(7)45-22(13-20(42-45)14-44(39)43-27(38)28(32,33)29(34,35)30(36,37)48)26(47)41-25-17(6)11-19(31)12-21(25)24(15(2)3)40-16(4)5/h8-13,16,40,46H,7,14,39,48H2,1-6H3,(H2,38,43)(H,41,47)/b9-8-,23-10+. The molecule has 0 aliphatic carbocycles. The Kier molecular flexibility index (Phi) is 12.9. The number of amides is 1. The van der Waals surface area contributed by atoms with Gasteiger partial charge in [-0.2, -0.15) is 31.4 Å². The number of halogens is 7. The van der Waals surface area contributed by atoms with Gasteiger partial charge in [0.1, 0.15) is 17.2 Å². The van der Waals surface area contributed by atoms with Gasteiger partial charge in [-0.25, -0.2) is 15.6 Å². The Hall–Kier alpha value is -4.01. The predicted octanol–water partition coefficient (Wildman–Crippen LogP) is 7.02. The molecular weight excluding hydrogens is 685 g/mol. The van der Waals surface area contributed by atoms with Crippen molar-refractivity contribution >= 4 is 49.7 Å². The number of carbonyl (C=O) groups is 1. The van der Waals surface area contributed by atoms with Crippen LogP contribution in [0.15, 0.2) is 59.4 Å². The van der Waals surface area contributed by atoms with E-state index in [1.54, 1.807) is 32.1 Å². The minimum Gasteiger partial charge on any atom is -0.506 e. The summed E-state index contributed by atoms with van der Waals surface area (Å²) in [6.45, 7) is 14.0. The zero-order valence-electron chi connectivity index (χ0n) is 27.0. The zero-order valence-corrected chi connectivity index (χ0v) is 28.9. The third-order valence-electron chi connectivity index (χ3n) is 6.43. The van der Waals surface area contributed by atoms with E-state index in [1.807, 2.05) is 27.7 Å². The summed E-state index contributed by atoms with van der Waals surface area (Å²) in [6, 6.07) is 4.44. The van der Waals surface area contributed by atoms with Crippen LogP contribution in [0, 0.1) is 6.92 Å². The largest absolute Gasteiger partial charge is 0.506 e. The predicted molar refractivity (Wildman–Crippen MR) is 180 cm³/mol. The number of alkyl halides is 6. The van der Waals surface area contributed by atoms with Crippen molar-refractivity contribution in [2.45, 2.75) is 71.6 Å². The van der Waals surface area contributed by atoms with Crippen molar-refractivity contribution in [3.8, 4) is 0 Å². The van der Waals surface area contributed by atoms with Gasteiger partial charge in [0.25, 0.3) is 5.91 Å². The van der Waals surface area contributed by atoms with E-state index in [9.17, 15) is 36.2 Å². The number of nitrogens with one attached hydrogen (secondary N) is 2. The molecule has 1 aromatic carbocycles. The van der Waals surface area contributed by atoms with Crippen LogP contribution in [-0.2, 0) is 6.54 Å². The molecule has 48 heavy (non-hydrogen) atoms. The zero-order chi connectivity index (χ0) is 36.9. The Labute approximate surface area is 281 Å². The Morgan fingerprint density at radius 2 is 1.83 bits per heavy atom. The number of carbonyl (C=O) groups excluding carboxylic acids is 1. The van der Waals surface area contributed by atoms with E-state index in [-0.39, 0.29) is 28.2 Å². The Morgan fingerprint density at radius 3 is 2.35 bits per heavy atom. The summed E-state index contributed by atoms with van der Waals surface area (Å²) >= 11 is 6.38. The second kappa shape index (κ2) is 15.5. The van der Waals surface area contributed by atoms with E-state index in [4.69, 9.17) is 23.2 Å². The number of aromatic nitrogens is 2. The number of hydrogen-bond acceptors (Lipinski definition) is 7. The number of rotatable bonds is 14. The van der Waals surface area contributed by atoms with Gasteiger partial charge in [0, 0.05) is 22.3 Å². The topological polar surface area (TPSA) is 147 Å². The fourth-order valence-corrected chi connectivity index (χ4v) is 4.56. The minimum absolute atomic E-state index is 0.0106. The molecule has 264 valence electrons. The Balaban J connectivity index is 2.64. The first-order chi connectivity index (χ1) is 22.0. The number of hydrazone groups is 1. The highest BCUT2D eigenvalue weighted by atomic mass is 35.5. The quantitative estimate of drug-likeness (QED) is 0.0206. The number of aliphatic hydroxyl groups is 1. The summed E-state index contributed by atoms with van der Waals surface area (Å²) in [5, 5.41) is 24.4. The van der Waals surface area contributed by atoms with Gasteiger partial charge >= 0.3 is 17.5 Å². The van der Waals surface area contributed by atoms with Crippen molar-refractivity contribution in [3.63, 3.8) is 0 Å². The van der Waals surface area contributed by atoms with Crippen LogP contribution in [0.3, 0.4) is 0 Å². The normalized spacial score (nSPS) is 13.2. The maximum Gasteiger partial charge on any atom is 0.382 e. The first-order valence-corrected chi connectivity index (χ1v) is 15.1. The molecule has 1 aromatic heterocycles. The van der Waals surface area contributed by atoms with E-state index in [0.717, 1.165) is 16.3 Å². The number of aliphatic hydroxyl groups excluding tert-OH is 1. The molecule has 0 bridgehead atoms. The summed E-state index contributed by atoms with van der Waals surface area (Å²) in [4.78, 5) is 13.8. The van der Waals surface area contributed by atoms with Gasteiger partial charge in [-0.1, -0.05) is 45.1 Å². The molecule has 1 amide bonds. The minimum atomic E-state index is -5.94. The number of allylic oxidation sites excluding steroid dienone is 5. The van der Waals surface area contributed by atoms with Crippen LogP contribution in [0.4, 0.5) is 32.0 Å². The van der Waals surface area contributed by atoms with Crippen molar-refractivity contribution in [2.24, 2.45) is 16.7 Å². The van der Waals surface area contributed by atoms with E-state index >= 15 is 0 Å². The summed E-state index contributed by atoms with van der Waals surface area (Å²) in [5.74, 6) is -9.35. The van der Waals surface area contributed by atoms with Crippen molar-refractivity contribution in [2.75, 3.05) is 5.32 Å². The SMILES string of the molecule is C=C(/C(O)=C\C=C/C)n1nc(CN(N)/N=C(\N)C(F)(F)C(F)(F)C(F)(F)P)cc1C(=O)Nc1c(C)cc(Cl)cc1C(NC(C)C)=C(C)C. The second-order valence-electron chi connectivity index (χ2n) is 11.1. The maximum absolute atomic E-state index is 14.2. The number of nitrogens with two attached hydrogens (primary N) is 2. The van der Waals surface area contributed by atoms with Crippen molar-refractivity contribution in [3.05, 3.63) is 81.9 Å². The molecule has 2 rings (SSSR count). The summed E-state index contributed by atoms with van der Waals surface area (Å²) in [5.41, 5.74) is 2.24. The lowest BCUT2D eigenvalue weighted by Crippen LogP contribution is -2.58. The van der Waals surface area contributed by atoms with Gasteiger partial charge in [0.15, 0.2) is 5.84 Å². The van der Waals surface area contributed by atoms with Crippen LogP contribution in [0.2, 0.25) is 5.02 Å². The molecule has 0 aliphatic heterocycles. The van der Waals surface area contributed by atoms with Gasteiger partial charge < -0.3 is 21.5 Å². The van der Waals surface area contributed by atoms with E-state index in [0.29, 0.717) is 36.8 Å². The number of nitrogens with zero attached hydrogens (tertiary/aromatic N) is 4. The number of benzene rings is 1. The number of hydrazine groups is 1. The summed E-state index contributed by atoms with van der Waals surface area (Å²) in [6.07, 6.45) is 4.34. The number of amidine groups is 1. The molecule has 0 radical (unpaired) electrons. The number of aryl methyl sites for hydroxylation is 1. The van der Waals surface area contributed by atoms with Gasteiger partial charge in [-0.15, -0.1) is 5.10 Å². The fraction of sp³-hybridized carbons (Fsp3) is 0.367. The van der Waals surface area contributed by atoms with E-state index in [2.05, 4.69) is 27.4 Å². The number of hydrogen-bond donors (Lipinski definition) is 5. The average molecular weight is 723 g/mol. The van der Waals surface area contributed by atoms with Gasteiger partial charge in [-0.05, 0) is 71.4 Å². The molecule has 18 heteroatoms. The van der Waals surface area contributed by atoms with Gasteiger partial charge in [0.2, 0.25) is 0 Å². The third kappa shape index (κ3) is 9.11. The molecular formula is C30H38ClF6N8O2P. The third-order valence-corrected chi connectivity index (χ3v) is 7.01. The molecule has 2 aromatic rings. The average Bonchev–Trinajstić information content (AvgIpc) is 3.37. The monoisotopic (exact) mass is 722 g/mol. The van der Waals surface area contributed by atoms with Crippen molar-refractivity contribution < 1.29 is 36.2 Å². The lowest BCUT2D eigenvalue weighted by atomic mass is 10.0. The molecule has 7 N–H and O–H groups in total. The van der Waals surface area contributed by atoms with Crippen molar-refractivity contribution in [1.82, 2.24) is 20.2 Å². The van der Waals surface area contributed by atoms with Crippen LogP contribution >= 0.6 is 20.8 Å². The van der Waals surface area contributed by atoms with Crippen molar-refractivity contribution in [1.29, 1.82) is 0 Å². The molecule has 0 aliphatic rings. The summed E-state index contributed by atoms with van der Waals surface area (Å²) in [7, 11) is 0.329. The lowest BCUT2D eigenvalue weighted by molar-refractivity contribution is -0.248. The molecule has 0 saturated heterocycles. The van der Waals surface area contributed by atoms with E-state index < -0.39 is 41.6 Å². The number of anilines is 1. The summed E-state index contributed by atoms with van der Waals surface area (Å²) < 4.78 is 83.4. The molecule has 1 unspecified atom stereocenters. The van der Waals surface area contributed by atoms with E-state index in [1.165, 1.54) is 12.2 Å². The second-order valence-corrected chi connectivity index (χ2v) is 12.2. The van der Waals surface area contributed by atoms with Crippen LogP contribution in [0.25, 0.3) is 11.4 Å². The molecule has 0 fully saturated rings. The van der Waals surface area contributed by atoms with Gasteiger partial charge in [0.05, 0.1) is 17.9 Å². The highest BCUT2D eigenvalue weighted by molar-refractivity contribution is 7.18. The maximum atomic E-state index is 14.2. The van der Waals surface area contributed by atoms with Crippen LogP contribution in [-0.4, -0.2) is 55.3 Å². The Bertz CT molecular complexity index is 1660. The molecule has 1 heterocycles. The van der Waals surface area contributed by atoms with Gasteiger partial charge in [-0.3, -0.25) is 4.79 Å². The van der Waals surface area contributed by atoms with Crippen LogP contribution in [0.1, 0.15) is 61.9 Å². The first-order valence-electron chi connectivity index (χ1n) is 14.1. The highest BCUT2D eigenvalue weighted by Gasteiger charge is 2.71. The Morgan fingerprint density at radius 1 is 1.23 bits per heavy atom. The molecule has 0 saturated carbocycles. The first kappa shape index (κ1) is 40.2. The molecule has 0 spiro atoms. The highest BCUT2D eigenvalue weighted by Crippen LogP contribution is 2.49. The fourth-order valence-electron chi connectivity index (χ4n) is 4.10. The lowest BCUT2D eigenvalue weighted by Gasteiger charge is -2.30. The molecule has 1 atom stereocenters. The van der Waals surface area contributed by atoms with Crippen LogP contribution < -0.4 is 22.2 Å². The molecule has 10 nitrogen and oxygen atoms in total. The smallest absolute Gasteiger partial charge is 0.382 e. The van der Waals surface area contributed by atoms with Crippen LogP contribution in [0.5, 0.6) is 0 Å².